The molecule has 3 rings (SSSR count). The fourth-order valence-electron chi connectivity index (χ4n) is 2.57. The van der Waals surface area contributed by atoms with Crippen LogP contribution in [0.2, 0.25) is 0 Å². The van der Waals surface area contributed by atoms with Crippen LogP contribution >= 0.6 is 0 Å². The maximum atomic E-state index is 11.8. The second-order valence-electron chi connectivity index (χ2n) is 4.91. The molecule has 1 aliphatic heterocycles. The standard InChI is InChI=1S/C12H16N4O5/c1-5-14-10-7(11(19)15-5)13-4-16(10)12-9(20-2)8(18)6(3-17)21-12/h4,6,8-9,12,17-18H,3H2,1-2H3,(H,14,15,19). The Labute approximate surface area is 119 Å². The summed E-state index contributed by atoms with van der Waals surface area (Å²) in [6.45, 7) is 1.32. The van der Waals surface area contributed by atoms with Gasteiger partial charge >= 0.3 is 0 Å². The van der Waals surface area contributed by atoms with Crippen molar-refractivity contribution in [3.05, 3.63) is 22.5 Å². The van der Waals surface area contributed by atoms with Gasteiger partial charge in [-0.05, 0) is 6.92 Å². The molecule has 114 valence electrons. The zero-order chi connectivity index (χ0) is 15.1. The Hall–Kier alpha value is -1.81. The van der Waals surface area contributed by atoms with Crippen molar-refractivity contribution in [2.24, 2.45) is 0 Å². The first-order valence-electron chi connectivity index (χ1n) is 6.47. The number of aromatic nitrogens is 4. The van der Waals surface area contributed by atoms with E-state index < -0.39 is 24.5 Å². The van der Waals surface area contributed by atoms with Crippen molar-refractivity contribution < 1.29 is 19.7 Å². The van der Waals surface area contributed by atoms with E-state index >= 15 is 0 Å². The number of hydrogen-bond acceptors (Lipinski definition) is 7. The number of ether oxygens (including phenoxy) is 2. The van der Waals surface area contributed by atoms with E-state index in [2.05, 4.69) is 15.0 Å². The van der Waals surface area contributed by atoms with Crippen LogP contribution in [0, 0.1) is 6.92 Å². The van der Waals surface area contributed by atoms with E-state index in [0.717, 1.165) is 0 Å². The first-order valence-corrected chi connectivity index (χ1v) is 6.47. The zero-order valence-corrected chi connectivity index (χ0v) is 11.6. The first kappa shape index (κ1) is 14.1. The number of rotatable bonds is 3. The van der Waals surface area contributed by atoms with Gasteiger partial charge in [-0.15, -0.1) is 0 Å². The number of aliphatic hydroxyl groups is 2. The molecule has 0 radical (unpaired) electrons. The summed E-state index contributed by atoms with van der Waals surface area (Å²) >= 11 is 0. The van der Waals surface area contributed by atoms with Crippen LogP contribution in [-0.2, 0) is 9.47 Å². The number of nitrogens with zero attached hydrogens (tertiary/aromatic N) is 3. The average Bonchev–Trinajstić information content (AvgIpc) is 2.99. The SMILES string of the molecule is COC1C(O)C(CO)OC1n1cnc2c(=O)[nH]c(C)nc21. The Morgan fingerprint density at radius 2 is 2.33 bits per heavy atom. The van der Waals surface area contributed by atoms with Crippen molar-refractivity contribution in [2.45, 2.75) is 31.5 Å². The van der Waals surface area contributed by atoms with Gasteiger partial charge in [0.05, 0.1) is 12.9 Å². The number of aryl methyl sites for hydroxylation is 1. The first-order chi connectivity index (χ1) is 10.1. The van der Waals surface area contributed by atoms with E-state index in [-0.39, 0.29) is 17.7 Å². The molecular formula is C12H16N4O5. The number of H-pyrrole nitrogens is 1. The third-order valence-electron chi connectivity index (χ3n) is 3.59. The summed E-state index contributed by atoms with van der Waals surface area (Å²) in [5.74, 6) is 0.445. The molecule has 2 aromatic rings. The average molecular weight is 296 g/mol. The van der Waals surface area contributed by atoms with Crippen LogP contribution in [0.4, 0.5) is 0 Å². The van der Waals surface area contributed by atoms with Gasteiger partial charge < -0.3 is 24.7 Å². The second-order valence-corrected chi connectivity index (χ2v) is 4.91. The highest BCUT2D eigenvalue weighted by molar-refractivity contribution is 5.69. The smallest absolute Gasteiger partial charge is 0.279 e. The molecule has 4 unspecified atom stereocenters. The van der Waals surface area contributed by atoms with Gasteiger partial charge in [0.1, 0.15) is 24.1 Å². The third-order valence-corrected chi connectivity index (χ3v) is 3.59. The molecule has 0 saturated carbocycles. The molecule has 9 heteroatoms. The van der Waals surface area contributed by atoms with Crippen LogP contribution in [0.1, 0.15) is 12.1 Å². The fraction of sp³-hybridized carbons (Fsp3) is 0.583. The maximum Gasteiger partial charge on any atom is 0.279 e. The van der Waals surface area contributed by atoms with Gasteiger partial charge in [-0.1, -0.05) is 0 Å². The molecule has 3 N–H and O–H groups in total. The number of hydrogen-bond donors (Lipinski definition) is 3. The van der Waals surface area contributed by atoms with Crippen LogP contribution in [0.25, 0.3) is 11.2 Å². The maximum absolute atomic E-state index is 11.8. The van der Waals surface area contributed by atoms with E-state index in [9.17, 15) is 15.0 Å². The molecular weight excluding hydrogens is 280 g/mol. The third kappa shape index (κ3) is 2.14. The fourth-order valence-corrected chi connectivity index (χ4v) is 2.57. The van der Waals surface area contributed by atoms with Gasteiger partial charge in [0.15, 0.2) is 17.4 Å². The summed E-state index contributed by atoms with van der Waals surface area (Å²) in [7, 11) is 1.44. The molecule has 1 saturated heterocycles. The van der Waals surface area contributed by atoms with E-state index in [1.54, 1.807) is 6.92 Å². The highest BCUT2D eigenvalue weighted by Crippen LogP contribution is 2.32. The molecule has 4 atom stereocenters. The molecule has 2 aromatic heterocycles. The lowest BCUT2D eigenvalue weighted by Crippen LogP contribution is -2.34. The van der Waals surface area contributed by atoms with Crippen LogP contribution in [-0.4, -0.2) is 61.8 Å². The summed E-state index contributed by atoms with van der Waals surface area (Å²) in [6.07, 6.45) is -1.75. The number of nitrogens with one attached hydrogen (secondary N) is 1. The monoisotopic (exact) mass is 296 g/mol. The minimum atomic E-state index is -0.981. The van der Waals surface area contributed by atoms with Gasteiger partial charge in [0.25, 0.3) is 5.56 Å². The topological polar surface area (TPSA) is 122 Å². The van der Waals surface area contributed by atoms with Crippen molar-refractivity contribution in [1.29, 1.82) is 0 Å². The normalized spacial score (nSPS) is 29.3. The van der Waals surface area contributed by atoms with Crippen molar-refractivity contribution in [3.63, 3.8) is 0 Å². The van der Waals surface area contributed by atoms with Crippen LogP contribution in [0.15, 0.2) is 11.1 Å². The number of aliphatic hydroxyl groups excluding tert-OH is 2. The molecule has 1 aliphatic rings. The Kier molecular flexibility index (Phi) is 3.49. The molecule has 0 bridgehead atoms. The summed E-state index contributed by atoms with van der Waals surface area (Å²) in [4.78, 5) is 22.7. The predicted molar refractivity (Wildman–Crippen MR) is 70.7 cm³/mol. The van der Waals surface area contributed by atoms with Gasteiger partial charge in [-0.2, -0.15) is 0 Å². The number of aromatic amines is 1. The predicted octanol–water partition coefficient (Wildman–Crippen LogP) is -1.31. The van der Waals surface area contributed by atoms with Crippen molar-refractivity contribution in [2.75, 3.05) is 13.7 Å². The lowest BCUT2D eigenvalue weighted by atomic mass is 10.1. The van der Waals surface area contributed by atoms with Gasteiger partial charge in [0.2, 0.25) is 0 Å². The van der Waals surface area contributed by atoms with Crippen molar-refractivity contribution in [3.8, 4) is 0 Å². The van der Waals surface area contributed by atoms with Crippen LogP contribution in [0.5, 0.6) is 0 Å². The Morgan fingerprint density at radius 3 is 3.00 bits per heavy atom. The lowest BCUT2D eigenvalue weighted by molar-refractivity contribution is -0.0583. The lowest BCUT2D eigenvalue weighted by Gasteiger charge is -2.19. The van der Waals surface area contributed by atoms with Gasteiger partial charge in [0, 0.05) is 7.11 Å². The summed E-state index contributed by atoms with van der Waals surface area (Å²) in [6, 6.07) is 0. The quantitative estimate of drug-likeness (QED) is 0.643. The van der Waals surface area contributed by atoms with Gasteiger partial charge in [-0.25, -0.2) is 9.97 Å². The summed E-state index contributed by atoms with van der Waals surface area (Å²) in [5, 5.41) is 19.3. The van der Waals surface area contributed by atoms with Crippen LogP contribution in [0.3, 0.4) is 0 Å². The van der Waals surface area contributed by atoms with E-state index in [0.29, 0.717) is 11.5 Å². The molecule has 3 heterocycles. The van der Waals surface area contributed by atoms with Crippen LogP contribution < -0.4 is 5.56 Å². The molecule has 1 fully saturated rings. The summed E-state index contributed by atoms with van der Waals surface area (Å²) < 4.78 is 12.4. The zero-order valence-electron chi connectivity index (χ0n) is 11.6. The minimum Gasteiger partial charge on any atom is -0.394 e. The van der Waals surface area contributed by atoms with E-state index in [1.165, 1.54) is 18.0 Å². The van der Waals surface area contributed by atoms with E-state index in [4.69, 9.17) is 9.47 Å². The molecule has 0 spiro atoms. The Balaban J connectivity index is 2.10. The highest BCUT2D eigenvalue weighted by atomic mass is 16.6. The molecule has 9 nitrogen and oxygen atoms in total. The van der Waals surface area contributed by atoms with Gasteiger partial charge in [-0.3, -0.25) is 9.36 Å². The van der Waals surface area contributed by atoms with Crippen molar-refractivity contribution >= 4 is 11.2 Å². The summed E-state index contributed by atoms with van der Waals surface area (Å²) in [5.41, 5.74) is 0.178. The second kappa shape index (κ2) is 5.19. The van der Waals surface area contributed by atoms with E-state index in [1.807, 2.05) is 0 Å². The Bertz CT molecular complexity index is 711. The largest absolute Gasteiger partial charge is 0.394 e. The number of methoxy groups -OCH3 is 1. The molecule has 0 amide bonds. The molecule has 0 aliphatic carbocycles. The number of imidazole rings is 1. The highest BCUT2D eigenvalue weighted by Gasteiger charge is 2.45. The Morgan fingerprint density at radius 1 is 1.57 bits per heavy atom. The number of fused-ring (bicyclic) bond motifs is 1. The molecule has 21 heavy (non-hydrogen) atoms. The minimum absolute atomic E-state index is 0.181. The van der Waals surface area contributed by atoms with Crippen molar-refractivity contribution in [1.82, 2.24) is 19.5 Å². The molecule has 0 aromatic carbocycles.